The minimum Gasteiger partial charge on any atom is -0.311 e. The van der Waals surface area contributed by atoms with E-state index in [4.69, 9.17) is 0 Å². The van der Waals surface area contributed by atoms with Crippen LogP contribution in [0.2, 0.25) is 0 Å². The largest absolute Gasteiger partial charge is 0.311 e. The number of hydrogen-bond acceptors (Lipinski definition) is 4. The molecule has 26 heavy (non-hydrogen) atoms. The average molecular weight is 373 g/mol. The second kappa shape index (κ2) is 7.97. The van der Waals surface area contributed by atoms with Crippen LogP contribution in [0.3, 0.4) is 0 Å². The van der Waals surface area contributed by atoms with Crippen LogP contribution in [0.5, 0.6) is 0 Å². The number of carbonyl (C=O) groups excluding carboxylic acids is 1. The monoisotopic (exact) mass is 373 g/mol. The van der Waals surface area contributed by atoms with Gasteiger partial charge < -0.3 is 5.32 Å². The van der Waals surface area contributed by atoms with Crippen molar-refractivity contribution in [3.8, 4) is 0 Å². The standard InChI is InChI=1S/C19H23N3O3S/c1-14-8-10-20-18(12-14)22-19(23)9-11-21-26(24,25)17-7-6-15-4-2-3-5-16(15)13-17/h6-8,10,12-13,21H,2-5,9,11H2,1H3,(H,20,22,23). The van der Waals surface area contributed by atoms with Crippen molar-refractivity contribution in [1.29, 1.82) is 0 Å². The van der Waals surface area contributed by atoms with E-state index in [0.29, 0.717) is 5.82 Å². The number of aryl methyl sites for hydroxylation is 3. The van der Waals surface area contributed by atoms with Gasteiger partial charge in [0.1, 0.15) is 5.82 Å². The molecule has 3 rings (SSSR count). The van der Waals surface area contributed by atoms with Gasteiger partial charge in [0, 0.05) is 19.2 Å². The van der Waals surface area contributed by atoms with Crippen molar-refractivity contribution >= 4 is 21.7 Å². The SMILES string of the molecule is Cc1ccnc(NC(=O)CCNS(=O)(=O)c2ccc3c(c2)CCCC3)c1. The first-order valence-electron chi connectivity index (χ1n) is 8.78. The Hall–Kier alpha value is -2.25. The van der Waals surface area contributed by atoms with Gasteiger partial charge in [-0.1, -0.05) is 6.07 Å². The van der Waals surface area contributed by atoms with Crippen LogP contribution >= 0.6 is 0 Å². The maximum absolute atomic E-state index is 12.4. The zero-order chi connectivity index (χ0) is 18.6. The maximum Gasteiger partial charge on any atom is 0.240 e. The molecule has 0 radical (unpaired) electrons. The van der Waals surface area contributed by atoms with Crippen LogP contribution in [0.25, 0.3) is 0 Å². The second-order valence-corrected chi connectivity index (χ2v) is 8.32. The number of amides is 1. The van der Waals surface area contributed by atoms with Crippen LogP contribution in [-0.2, 0) is 27.7 Å². The molecule has 0 saturated heterocycles. The van der Waals surface area contributed by atoms with E-state index in [1.165, 1.54) is 5.56 Å². The third kappa shape index (κ3) is 4.68. The molecule has 7 heteroatoms. The zero-order valence-electron chi connectivity index (χ0n) is 14.8. The first kappa shape index (κ1) is 18.5. The highest BCUT2D eigenvalue weighted by Crippen LogP contribution is 2.24. The summed E-state index contributed by atoms with van der Waals surface area (Å²) in [5.74, 6) is 0.184. The number of rotatable bonds is 6. The molecular formula is C19H23N3O3S. The number of pyridine rings is 1. The Morgan fingerprint density at radius 3 is 2.65 bits per heavy atom. The average Bonchev–Trinajstić information content (AvgIpc) is 2.61. The van der Waals surface area contributed by atoms with E-state index >= 15 is 0 Å². The highest BCUT2D eigenvalue weighted by molar-refractivity contribution is 7.89. The summed E-state index contributed by atoms with van der Waals surface area (Å²) >= 11 is 0. The lowest BCUT2D eigenvalue weighted by Crippen LogP contribution is -2.28. The first-order valence-corrected chi connectivity index (χ1v) is 10.3. The molecule has 1 aliphatic carbocycles. The Morgan fingerprint density at radius 2 is 1.88 bits per heavy atom. The van der Waals surface area contributed by atoms with Gasteiger partial charge in [-0.2, -0.15) is 0 Å². The number of hydrogen-bond donors (Lipinski definition) is 2. The number of nitrogens with one attached hydrogen (secondary N) is 2. The summed E-state index contributed by atoms with van der Waals surface area (Å²) < 4.78 is 27.4. The van der Waals surface area contributed by atoms with E-state index in [-0.39, 0.29) is 23.8 Å². The van der Waals surface area contributed by atoms with E-state index in [1.807, 2.05) is 19.1 Å². The van der Waals surface area contributed by atoms with Crippen molar-refractivity contribution in [3.63, 3.8) is 0 Å². The predicted octanol–water partition coefficient (Wildman–Crippen LogP) is 2.58. The summed E-state index contributed by atoms with van der Waals surface area (Å²) in [5.41, 5.74) is 3.34. The van der Waals surface area contributed by atoms with Crippen LogP contribution in [0.15, 0.2) is 41.4 Å². The topological polar surface area (TPSA) is 88.2 Å². The summed E-state index contributed by atoms with van der Waals surface area (Å²) in [5, 5.41) is 2.66. The van der Waals surface area contributed by atoms with Gasteiger partial charge in [0.2, 0.25) is 15.9 Å². The quantitative estimate of drug-likeness (QED) is 0.815. The van der Waals surface area contributed by atoms with Crippen LogP contribution in [0.1, 0.15) is 36.0 Å². The molecule has 0 atom stereocenters. The van der Waals surface area contributed by atoms with E-state index in [2.05, 4.69) is 15.0 Å². The molecule has 2 N–H and O–H groups in total. The Balaban J connectivity index is 1.56. The fourth-order valence-corrected chi connectivity index (χ4v) is 4.15. The Kier molecular flexibility index (Phi) is 5.68. The number of fused-ring (bicyclic) bond motifs is 1. The summed E-state index contributed by atoms with van der Waals surface area (Å²) in [6, 6.07) is 8.90. The number of sulfonamides is 1. The molecule has 0 aliphatic heterocycles. The number of nitrogens with zero attached hydrogens (tertiary/aromatic N) is 1. The second-order valence-electron chi connectivity index (χ2n) is 6.55. The lowest BCUT2D eigenvalue weighted by atomic mass is 9.92. The van der Waals surface area contributed by atoms with Crippen LogP contribution in [0.4, 0.5) is 5.82 Å². The Bertz CT molecular complexity index is 910. The number of benzene rings is 1. The molecule has 6 nitrogen and oxygen atoms in total. The van der Waals surface area contributed by atoms with Crippen molar-refractivity contribution in [2.24, 2.45) is 0 Å². The molecule has 1 aromatic heterocycles. The van der Waals surface area contributed by atoms with Gasteiger partial charge in [0.05, 0.1) is 4.90 Å². The van der Waals surface area contributed by atoms with Crippen molar-refractivity contribution in [2.45, 2.75) is 43.9 Å². The molecule has 0 fully saturated rings. The van der Waals surface area contributed by atoms with Gasteiger partial charge in [-0.3, -0.25) is 4.79 Å². The van der Waals surface area contributed by atoms with Gasteiger partial charge >= 0.3 is 0 Å². The Labute approximate surface area is 154 Å². The predicted molar refractivity (Wildman–Crippen MR) is 100 cm³/mol. The van der Waals surface area contributed by atoms with Crippen LogP contribution in [0, 0.1) is 6.92 Å². The Morgan fingerprint density at radius 1 is 1.12 bits per heavy atom. The number of anilines is 1. The minimum absolute atomic E-state index is 0.0388. The number of carbonyl (C=O) groups is 1. The lowest BCUT2D eigenvalue weighted by Gasteiger charge is -2.16. The molecule has 0 bridgehead atoms. The van der Waals surface area contributed by atoms with Crippen LogP contribution < -0.4 is 10.0 Å². The molecule has 1 aliphatic rings. The normalized spacial score (nSPS) is 13.9. The molecule has 0 unspecified atom stereocenters. The minimum atomic E-state index is -3.61. The molecule has 138 valence electrons. The highest BCUT2D eigenvalue weighted by Gasteiger charge is 2.17. The molecule has 1 heterocycles. The lowest BCUT2D eigenvalue weighted by molar-refractivity contribution is -0.116. The molecule has 1 aromatic carbocycles. The molecular weight excluding hydrogens is 350 g/mol. The summed E-state index contributed by atoms with van der Waals surface area (Å²) in [6.45, 7) is 1.95. The number of aromatic nitrogens is 1. The van der Waals surface area contributed by atoms with Gasteiger partial charge in [-0.25, -0.2) is 18.1 Å². The fraction of sp³-hybridized carbons (Fsp3) is 0.368. The summed E-state index contributed by atoms with van der Waals surface area (Å²) in [6.07, 6.45) is 5.84. The van der Waals surface area contributed by atoms with Gasteiger partial charge in [-0.15, -0.1) is 0 Å². The molecule has 0 saturated carbocycles. The van der Waals surface area contributed by atoms with E-state index in [9.17, 15) is 13.2 Å². The van der Waals surface area contributed by atoms with Gasteiger partial charge in [0.25, 0.3) is 0 Å². The van der Waals surface area contributed by atoms with Crippen molar-refractivity contribution < 1.29 is 13.2 Å². The smallest absolute Gasteiger partial charge is 0.240 e. The van der Waals surface area contributed by atoms with E-state index in [1.54, 1.807) is 24.4 Å². The van der Waals surface area contributed by atoms with E-state index in [0.717, 1.165) is 36.8 Å². The fourth-order valence-electron chi connectivity index (χ4n) is 3.07. The molecule has 2 aromatic rings. The zero-order valence-corrected chi connectivity index (χ0v) is 15.6. The summed E-state index contributed by atoms with van der Waals surface area (Å²) in [7, 11) is -3.61. The van der Waals surface area contributed by atoms with Gasteiger partial charge in [-0.05, 0) is 73.6 Å². The summed E-state index contributed by atoms with van der Waals surface area (Å²) in [4.78, 5) is 16.3. The van der Waals surface area contributed by atoms with Crippen molar-refractivity contribution in [3.05, 3.63) is 53.2 Å². The maximum atomic E-state index is 12.4. The van der Waals surface area contributed by atoms with Crippen molar-refractivity contribution in [1.82, 2.24) is 9.71 Å². The molecule has 0 spiro atoms. The van der Waals surface area contributed by atoms with Crippen molar-refractivity contribution in [2.75, 3.05) is 11.9 Å². The van der Waals surface area contributed by atoms with Crippen LogP contribution in [-0.4, -0.2) is 25.9 Å². The first-order chi connectivity index (χ1) is 12.4. The third-order valence-corrected chi connectivity index (χ3v) is 5.92. The highest BCUT2D eigenvalue weighted by atomic mass is 32.2. The van der Waals surface area contributed by atoms with Gasteiger partial charge in [0.15, 0.2) is 0 Å². The third-order valence-electron chi connectivity index (χ3n) is 4.46. The van der Waals surface area contributed by atoms with E-state index < -0.39 is 10.0 Å². The molecule has 1 amide bonds.